The summed E-state index contributed by atoms with van der Waals surface area (Å²) >= 11 is 3.85. The monoisotopic (exact) mass is 443 g/mol. The van der Waals surface area contributed by atoms with Gasteiger partial charge in [0.15, 0.2) is 0 Å². The first-order valence-electron chi connectivity index (χ1n) is 8.81. The number of carbonyl (C=O) groups excluding carboxylic acids is 4. The van der Waals surface area contributed by atoms with Crippen molar-refractivity contribution in [1.29, 1.82) is 0 Å². The van der Waals surface area contributed by atoms with Crippen LogP contribution in [0.1, 0.15) is 19.0 Å². The molecule has 4 unspecified atom stereocenters. The number of aromatic nitrogens is 2. The maximum atomic E-state index is 12.6. The van der Waals surface area contributed by atoms with Gasteiger partial charge in [0.1, 0.15) is 18.1 Å². The van der Waals surface area contributed by atoms with Crippen LogP contribution in [-0.2, 0) is 30.4 Å². The van der Waals surface area contributed by atoms with E-state index in [0.29, 0.717) is 5.69 Å². The molecule has 0 saturated heterocycles. The standard InChI is InChI=1S/C16H25N7O6S/c1-7(13(25)23-11(5-30)16(28)29)21-15(27)10(2-8-4-19-6-20-8)22-14(26)9(17)3-12(18)24/h4,6-7,9-11,30H,2-3,5,17H2,1H3,(H2,18,24)(H,19,20)(H,21,27)(H,22,26)(H,23,25)(H,28,29). The molecule has 9 N–H and O–H groups in total. The lowest BCUT2D eigenvalue weighted by molar-refractivity contribution is -0.141. The molecule has 1 rings (SSSR count). The van der Waals surface area contributed by atoms with Crippen LogP contribution in [-0.4, -0.2) is 74.6 Å². The van der Waals surface area contributed by atoms with Gasteiger partial charge in [0.2, 0.25) is 23.6 Å². The third-order valence-corrected chi connectivity index (χ3v) is 4.28. The Kier molecular flexibility index (Phi) is 9.77. The van der Waals surface area contributed by atoms with Crippen molar-refractivity contribution < 1.29 is 29.1 Å². The van der Waals surface area contributed by atoms with E-state index in [1.807, 2.05) is 0 Å². The van der Waals surface area contributed by atoms with Gasteiger partial charge in [-0.2, -0.15) is 12.6 Å². The highest BCUT2D eigenvalue weighted by molar-refractivity contribution is 7.80. The molecular formula is C16H25N7O6S. The third kappa shape index (κ3) is 8.08. The summed E-state index contributed by atoms with van der Waals surface area (Å²) in [5.74, 6) is -4.46. The molecule has 4 atom stereocenters. The Morgan fingerprint density at radius 2 is 1.77 bits per heavy atom. The van der Waals surface area contributed by atoms with E-state index in [-0.39, 0.29) is 12.2 Å². The van der Waals surface area contributed by atoms with E-state index < -0.39 is 60.2 Å². The number of H-pyrrole nitrogens is 1. The maximum Gasteiger partial charge on any atom is 0.327 e. The molecule has 166 valence electrons. The average Bonchev–Trinajstić information content (AvgIpc) is 3.17. The van der Waals surface area contributed by atoms with Gasteiger partial charge in [-0.05, 0) is 6.92 Å². The van der Waals surface area contributed by atoms with Crippen molar-refractivity contribution in [3.8, 4) is 0 Å². The molecule has 1 aromatic heterocycles. The fourth-order valence-corrected chi connectivity index (χ4v) is 2.52. The lowest BCUT2D eigenvalue weighted by Gasteiger charge is -2.23. The molecule has 1 heterocycles. The zero-order valence-corrected chi connectivity index (χ0v) is 17.0. The molecule has 0 aliphatic rings. The number of imidazole rings is 1. The number of amides is 4. The van der Waals surface area contributed by atoms with Crippen molar-refractivity contribution in [3.63, 3.8) is 0 Å². The van der Waals surface area contributed by atoms with E-state index in [0.717, 1.165) is 0 Å². The predicted octanol–water partition coefficient (Wildman–Crippen LogP) is -3.36. The summed E-state index contributed by atoms with van der Waals surface area (Å²) in [5, 5.41) is 16.0. The molecule has 14 heteroatoms. The van der Waals surface area contributed by atoms with Crippen LogP contribution >= 0.6 is 12.6 Å². The Labute approximate surface area is 177 Å². The Morgan fingerprint density at radius 1 is 1.13 bits per heavy atom. The van der Waals surface area contributed by atoms with Crippen LogP contribution in [0.3, 0.4) is 0 Å². The number of nitrogens with zero attached hydrogens (tertiary/aromatic N) is 1. The quantitative estimate of drug-likeness (QED) is 0.152. The lowest BCUT2D eigenvalue weighted by atomic mass is 10.1. The molecule has 0 radical (unpaired) electrons. The predicted molar refractivity (Wildman–Crippen MR) is 107 cm³/mol. The molecule has 0 bridgehead atoms. The fraction of sp³-hybridized carbons (Fsp3) is 0.500. The first-order chi connectivity index (χ1) is 14.0. The van der Waals surface area contributed by atoms with Gasteiger partial charge in [0.05, 0.1) is 18.8 Å². The van der Waals surface area contributed by atoms with Crippen LogP contribution in [0.5, 0.6) is 0 Å². The highest BCUT2D eigenvalue weighted by atomic mass is 32.1. The van der Waals surface area contributed by atoms with E-state index in [2.05, 4.69) is 38.5 Å². The van der Waals surface area contributed by atoms with Crippen molar-refractivity contribution in [2.75, 3.05) is 5.75 Å². The van der Waals surface area contributed by atoms with Crippen LogP contribution < -0.4 is 27.4 Å². The SMILES string of the molecule is CC(NC(=O)C(Cc1cnc[nH]1)NC(=O)C(N)CC(N)=O)C(=O)NC(CS)C(=O)O. The highest BCUT2D eigenvalue weighted by Crippen LogP contribution is 2.02. The van der Waals surface area contributed by atoms with E-state index in [1.165, 1.54) is 19.4 Å². The molecule has 1 aromatic rings. The Bertz CT molecular complexity index is 772. The first-order valence-corrected chi connectivity index (χ1v) is 9.44. The normalized spacial score (nSPS) is 14.6. The molecule has 0 aliphatic carbocycles. The van der Waals surface area contributed by atoms with Gasteiger partial charge in [-0.25, -0.2) is 9.78 Å². The average molecular weight is 443 g/mol. The second kappa shape index (κ2) is 11.8. The number of carboxylic acids is 1. The number of thiol groups is 1. The van der Waals surface area contributed by atoms with Crippen molar-refractivity contribution in [1.82, 2.24) is 25.9 Å². The topological polar surface area (TPSA) is 222 Å². The van der Waals surface area contributed by atoms with Gasteiger partial charge in [-0.15, -0.1) is 0 Å². The number of carboxylic acid groups (broad SMARTS) is 1. The summed E-state index contributed by atoms with van der Waals surface area (Å²) in [6.07, 6.45) is 2.40. The van der Waals surface area contributed by atoms with Gasteiger partial charge in [0.25, 0.3) is 0 Å². The van der Waals surface area contributed by atoms with Crippen molar-refractivity contribution >= 4 is 42.2 Å². The largest absolute Gasteiger partial charge is 0.480 e. The van der Waals surface area contributed by atoms with E-state index in [1.54, 1.807) is 0 Å². The van der Waals surface area contributed by atoms with Crippen LogP contribution in [0.2, 0.25) is 0 Å². The van der Waals surface area contributed by atoms with Crippen LogP contribution in [0, 0.1) is 0 Å². The zero-order valence-electron chi connectivity index (χ0n) is 16.1. The fourth-order valence-electron chi connectivity index (χ4n) is 2.28. The molecule has 0 saturated carbocycles. The second-order valence-corrected chi connectivity index (χ2v) is 6.80. The highest BCUT2D eigenvalue weighted by Gasteiger charge is 2.28. The molecule has 13 nitrogen and oxygen atoms in total. The lowest BCUT2D eigenvalue weighted by Crippen LogP contribution is -2.57. The van der Waals surface area contributed by atoms with Crippen LogP contribution in [0.4, 0.5) is 0 Å². The number of nitrogens with two attached hydrogens (primary N) is 2. The Balaban J connectivity index is 2.83. The Morgan fingerprint density at radius 3 is 2.27 bits per heavy atom. The summed E-state index contributed by atoms with van der Waals surface area (Å²) in [6.45, 7) is 1.35. The maximum absolute atomic E-state index is 12.6. The summed E-state index contributed by atoms with van der Waals surface area (Å²) in [4.78, 5) is 65.6. The minimum Gasteiger partial charge on any atom is -0.480 e. The van der Waals surface area contributed by atoms with E-state index in [9.17, 15) is 24.0 Å². The molecule has 0 aromatic carbocycles. The van der Waals surface area contributed by atoms with Crippen molar-refractivity contribution in [2.45, 2.75) is 43.9 Å². The summed E-state index contributed by atoms with van der Waals surface area (Å²) < 4.78 is 0. The number of aliphatic carboxylic acids is 1. The third-order valence-electron chi connectivity index (χ3n) is 3.92. The number of hydrogen-bond donors (Lipinski definition) is 8. The van der Waals surface area contributed by atoms with Gasteiger partial charge >= 0.3 is 5.97 Å². The van der Waals surface area contributed by atoms with E-state index >= 15 is 0 Å². The van der Waals surface area contributed by atoms with Crippen LogP contribution in [0.15, 0.2) is 12.5 Å². The van der Waals surface area contributed by atoms with Crippen molar-refractivity contribution in [2.24, 2.45) is 11.5 Å². The Hall–Kier alpha value is -3.13. The molecule has 0 spiro atoms. The molecule has 0 fully saturated rings. The van der Waals surface area contributed by atoms with Gasteiger partial charge in [-0.1, -0.05) is 0 Å². The first kappa shape index (κ1) is 24.9. The number of aromatic amines is 1. The number of carbonyl (C=O) groups is 5. The summed E-state index contributed by atoms with van der Waals surface area (Å²) in [7, 11) is 0. The molecular weight excluding hydrogens is 418 g/mol. The number of hydrogen-bond acceptors (Lipinski definition) is 8. The number of rotatable bonds is 12. The number of nitrogens with one attached hydrogen (secondary N) is 4. The second-order valence-electron chi connectivity index (χ2n) is 6.43. The van der Waals surface area contributed by atoms with Gasteiger partial charge in [0, 0.05) is 24.1 Å². The smallest absolute Gasteiger partial charge is 0.327 e. The summed E-state index contributed by atoms with van der Waals surface area (Å²) in [5.41, 5.74) is 11.1. The minimum atomic E-state index is -1.27. The van der Waals surface area contributed by atoms with Crippen LogP contribution in [0.25, 0.3) is 0 Å². The molecule has 30 heavy (non-hydrogen) atoms. The van der Waals surface area contributed by atoms with E-state index in [4.69, 9.17) is 16.6 Å². The number of primary amides is 1. The van der Waals surface area contributed by atoms with Gasteiger partial charge in [-0.3, -0.25) is 19.2 Å². The minimum absolute atomic E-state index is 0.0103. The molecule has 0 aliphatic heterocycles. The van der Waals surface area contributed by atoms with Gasteiger partial charge < -0.3 is 37.5 Å². The van der Waals surface area contributed by atoms with Crippen molar-refractivity contribution in [3.05, 3.63) is 18.2 Å². The zero-order chi connectivity index (χ0) is 22.8. The summed E-state index contributed by atoms with van der Waals surface area (Å²) in [6, 6.07) is -4.76. The molecule has 4 amide bonds.